The minimum Gasteiger partial charge on any atom is -0.489 e. The molecular formula is C24H26N2O2. The number of fused-ring (bicyclic) bond motifs is 1. The molecule has 4 nitrogen and oxygen atoms in total. The van der Waals surface area contributed by atoms with Crippen LogP contribution in [0.4, 0.5) is 0 Å². The van der Waals surface area contributed by atoms with Gasteiger partial charge in [0.1, 0.15) is 18.1 Å². The van der Waals surface area contributed by atoms with Gasteiger partial charge in [-0.2, -0.15) is 0 Å². The number of aryl methyl sites for hydroxylation is 1. The normalized spacial score (nSPS) is 13.8. The second-order valence-corrected chi connectivity index (χ2v) is 7.39. The van der Waals surface area contributed by atoms with Crippen LogP contribution in [0.2, 0.25) is 0 Å². The van der Waals surface area contributed by atoms with Crippen LogP contribution in [0.5, 0.6) is 5.75 Å². The first-order valence-electron chi connectivity index (χ1n) is 9.88. The zero-order valence-electron chi connectivity index (χ0n) is 16.4. The summed E-state index contributed by atoms with van der Waals surface area (Å²) in [6.07, 6.45) is 3.90. The molecule has 0 unspecified atom stereocenters. The van der Waals surface area contributed by atoms with Gasteiger partial charge in [0, 0.05) is 25.0 Å². The largest absolute Gasteiger partial charge is 0.489 e. The minimum atomic E-state index is 0.107. The van der Waals surface area contributed by atoms with Gasteiger partial charge in [-0.05, 0) is 43.5 Å². The average Bonchev–Trinajstić information content (AvgIpc) is 3.36. The number of nitrogens with zero attached hydrogens (tertiary/aromatic N) is 2. The Morgan fingerprint density at radius 3 is 2.61 bits per heavy atom. The van der Waals surface area contributed by atoms with Crippen LogP contribution in [0.15, 0.2) is 61.2 Å². The van der Waals surface area contributed by atoms with E-state index >= 15 is 0 Å². The van der Waals surface area contributed by atoms with Crippen molar-refractivity contribution < 1.29 is 9.53 Å². The van der Waals surface area contributed by atoms with E-state index in [0.29, 0.717) is 13.2 Å². The third-order valence-corrected chi connectivity index (χ3v) is 5.34. The topological polar surface area (TPSA) is 34.5 Å². The fraction of sp³-hybridized carbons (Fsp3) is 0.292. The van der Waals surface area contributed by atoms with Gasteiger partial charge < -0.3 is 14.2 Å². The Balaban J connectivity index is 1.80. The zero-order valence-corrected chi connectivity index (χ0v) is 16.4. The highest BCUT2D eigenvalue weighted by atomic mass is 16.5. The molecular weight excluding hydrogens is 348 g/mol. The second-order valence-electron chi connectivity index (χ2n) is 7.39. The molecule has 4 heteroatoms. The van der Waals surface area contributed by atoms with E-state index in [4.69, 9.17) is 4.74 Å². The summed E-state index contributed by atoms with van der Waals surface area (Å²) in [4.78, 5) is 15.2. The molecule has 2 aromatic carbocycles. The number of carbonyl (C=O) groups is 1. The monoisotopic (exact) mass is 374 g/mol. The van der Waals surface area contributed by atoms with Crippen molar-refractivity contribution in [3.63, 3.8) is 0 Å². The first-order valence-corrected chi connectivity index (χ1v) is 9.88. The summed E-state index contributed by atoms with van der Waals surface area (Å²) in [5.74, 6) is 0.894. The SMILES string of the molecule is C=CCOc1cccc2c1cc(C(=O)N1CCCC1)n2Cc1ccc(C)cc1. The maximum Gasteiger partial charge on any atom is 0.270 e. The lowest BCUT2D eigenvalue weighted by molar-refractivity contribution is 0.0783. The van der Waals surface area contributed by atoms with Gasteiger partial charge in [-0.1, -0.05) is 48.6 Å². The Morgan fingerprint density at radius 2 is 1.89 bits per heavy atom. The van der Waals surface area contributed by atoms with Gasteiger partial charge >= 0.3 is 0 Å². The van der Waals surface area contributed by atoms with E-state index < -0.39 is 0 Å². The smallest absolute Gasteiger partial charge is 0.270 e. The fourth-order valence-corrected chi connectivity index (χ4v) is 3.84. The Hall–Kier alpha value is -3.01. The molecule has 0 radical (unpaired) electrons. The molecule has 0 atom stereocenters. The van der Waals surface area contributed by atoms with E-state index in [2.05, 4.69) is 48.4 Å². The van der Waals surface area contributed by atoms with Gasteiger partial charge in [-0.25, -0.2) is 0 Å². The summed E-state index contributed by atoms with van der Waals surface area (Å²) < 4.78 is 7.98. The number of aromatic nitrogens is 1. The molecule has 1 saturated heterocycles. The summed E-state index contributed by atoms with van der Waals surface area (Å²) in [5, 5.41) is 0.971. The highest BCUT2D eigenvalue weighted by molar-refractivity contribution is 6.00. The predicted octanol–water partition coefficient (Wildman–Crippen LogP) is 4.80. The molecule has 0 spiro atoms. The molecule has 0 N–H and O–H groups in total. The van der Waals surface area contributed by atoms with Crippen LogP contribution in [0, 0.1) is 6.92 Å². The number of ether oxygens (including phenoxy) is 1. The molecule has 144 valence electrons. The maximum atomic E-state index is 13.3. The molecule has 0 bridgehead atoms. The molecule has 2 heterocycles. The third kappa shape index (κ3) is 3.55. The van der Waals surface area contributed by atoms with E-state index in [1.165, 1.54) is 11.1 Å². The summed E-state index contributed by atoms with van der Waals surface area (Å²) >= 11 is 0. The molecule has 3 aromatic rings. The van der Waals surface area contributed by atoms with Crippen molar-refractivity contribution >= 4 is 16.8 Å². The molecule has 4 rings (SSSR count). The van der Waals surface area contributed by atoms with Gasteiger partial charge in [-0.15, -0.1) is 0 Å². The van der Waals surface area contributed by atoms with Crippen molar-refractivity contribution in [3.8, 4) is 5.75 Å². The summed E-state index contributed by atoms with van der Waals surface area (Å²) in [6, 6.07) is 16.5. The zero-order chi connectivity index (χ0) is 19.5. The molecule has 1 amide bonds. The van der Waals surface area contributed by atoms with Crippen LogP contribution in [-0.2, 0) is 6.54 Å². The number of carbonyl (C=O) groups excluding carboxylic acids is 1. The number of amides is 1. The van der Waals surface area contributed by atoms with Crippen molar-refractivity contribution in [2.45, 2.75) is 26.3 Å². The Morgan fingerprint density at radius 1 is 1.14 bits per heavy atom. The van der Waals surface area contributed by atoms with Crippen molar-refractivity contribution in [1.82, 2.24) is 9.47 Å². The number of hydrogen-bond donors (Lipinski definition) is 0. The number of likely N-dealkylation sites (tertiary alicyclic amines) is 1. The van der Waals surface area contributed by atoms with Crippen LogP contribution >= 0.6 is 0 Å². The molecule has 0 saturated carbocycles. The molecule has 1 fully saturated rings. The lowest BCUT2D eigenvalue weighted by Crippen LogP contribution is -2.29. The highest BCUT2D eigenvalue weighted by Crippen LogP contribution is 2.31. The van der Waals surface area contributed by atoms with E-state index in [1.54, 1.807) is 6.08 Å². The van der Waals surface area contributed by atoms with Crippen molar-refractivity contribution in [3.05, 3.63) is 78.0 Å². The Kier molecular flexibility index (Phi) is 5.20. The van der Waals surface area contributed by atoms with Crippen molar-refractivity contribution in [2.75, 3.05) is 19.7 Å². The van der Waals surface area contributed by atoms with Crippen LogP contribution in [0.1, 0.15) is 34.5 Å². The lowest BCUT2D eigenvalue weighted by Gasteiger charge is -2.17. The minimum absolute atomic E-state index is 0.107. The fourth-order valence-electron chi connectivity index (χ4n) is 3.84. The van der Waals surface area contributed by atoms with Crippen molar-refractivity contribution in [1.29, 1.82) is 0 Å². The highest BCUT2D eigenvalue weighted by Gasteiger charge is 2.24. The molecule has 1 aromatic heterocycles. The Labute approximate surface area is 166 Å². The second kappa shape index (κ2) is 7.93. The van der Waals surface area contributed by atoms with E-state index in [9.17, 15) is 4.79 Å². The Bertz CT molecular complexity index is 995. The summed E-state index contributed by atoms with van der Waals surface area (Å²) in [7, 11) is 0. The molecule has 28 heavy (non-hydrogen) atoms. The van der Waals surface area contributed by atoms with Gasteiger partial charge in [0.2, 0.25) is 0 Å². The number of hydrogen-bond acceptors (Lipinski definition) is 2. The van der Waals surface area contributed by atoms with Crippen LogP contribution in [0.3, 0.4) is 0 Å². The summed E-state index contributed by atoms with van der Waals surface area (Å²) in [5.41, 5.74) is 4.15. The quantitative estimate of drug-likeness (QED) is 0.581. The van der Waals surface area contributed by atoms with Crippen LogP contribution in [-0.4, -0.2) is 35.1 Å². The van der Waals surface area contributed by atoms with Crippen LogP contribution < -0.4 is 4.74 Å². The predicted molar refractivity (Wildman–Crippen MR) is 113 cm³/mol. The first kappa shape index (κ1) is 18.4. The third-order valence-electron chi connectivity index (χ3n) is 5.34. The average molecular weight is 374 g/mol. The van der Waals surface area contributed by atoms with Gasteiger partial charge in [0.25, 0.3) is 5.91 Å². The lowest BCUT2D eigenvalue weighted by atomic mass is 10.1. The first-order chi connectivity index (χ1) is 13.7. The molecule has 1 aliphatic heterocycles. The van der Waals surface area contributed by atoms with E-state index in [1.807, 2.05) is 23.1 Å². The number of benzene rings is 2. The van der Waals surface area contributed by atoms with E-state index in [-0.39, 0.29) is 5.91 Å². The maximum absolute atomic E-state index is 13.3. The van der Waals surface area contributed by atoms with Gasteiger partial charge in [-0.3, -0.25) is 4.79 Å². The van der Waals surface area contributed by atoms with Crippen LogP contribution in [0.25, 0.3) is 10.9 Å². The molecule has 0 aliphatic carbocycles. The summed E-state index contributed by atoms with van der Waals surface area (Å²) in [6.45, 7) is 8.59. The molecule has 1 aliphatic rings. The standard InChI is InChI=1S/C24H26N2O2/c1-3-15-28-23-8-6-7-21-20(23)16-22(24(27)25-13-4-5-14-25)26(21)17-19-11-9-18(2)10-12-19/h3,6-12,16H,1,4-5,13-15,17H2,2H3. The van der Waals surface area contributed by atoms with E-state index in [0.717, 1.165) is 48.3 Å². The van der Waals surface area contributed by atoms with Crippen molar-refractivity contribution in [2.24, 2.45) is 0 Å². The number of rotatable bonds is 6. The van der Waals surface area contributed by atoms with Gasteiger partial charge in [0.05, 0.1) is 5.52 Å². The van der Waals surface area contributed by atoms with Gasteiger partial charge in [0.15, 0.2) is 0 Å².